The van der Waals surface area contributed by atoms with Crippen molar-refractivity contribution in [3.8, 4) is 0 Å². The zero-order valence-corrected chi connectivity index (χ0v) is 11.1. The van der Waals surface area contributed by atoms with Crippen molar-refractivity contribution < 1.29 is 4.79 Å². The Labute approximate surface area is 116 Å². The van der Waals surface area contributed by atoms with Crippen molar-refractivity contribution in [1.82, 2.24) is 10.3 Å². The number of aromatic nitrogens is 1. The van der Waals surface area contributed by atoms with Crippen LogP contribution in [0.5, 0.6) is 0 Å². The average Bonchev–Trinajstić information content (AvgIpc) is 2.99. The minimum absolute atomic E-state index is 0.0376. The Kier molecular flexibility index (Phi) is 3.36. The molecule has 0 bridgehead atoms. The van der Waals surface area contributed by atoms with E-state index >= 15 is 0 Å². The molecule has 0 aliphatic carbocycles. The van der Waals surface area contributed by atoms with Gasteiger partial charge >= 0.3 is 0 Å². The Balaban J connectivity index is 1.97. The van der Waals surface area contributed by atoms with E-state index < -0.39 is 0 Å². The largest absolute Gasteiger partial charge is 0.316 e. The lowest BCUT2D eigenvalue weighted by Gasteiger charge is -2.19. The van der Waals surface area contributed by atoms with E-state index in [0.29, 0.717) is 12.2 Å². The van der Waals surface area contributed by atoms with Gasteiger partial charge in [0.15, 0.2) is 0 Å². The first-order valence-corrected chi connectivity index (χ1v) is 6.65. The molecule has 1 aliphatic rings. The third-order valence-corrected chi connectivity index (χ3v) is 3.79. The van der Waals surface area contributed by atoms with Crippen LogP contribution in [0.4, 0.5) is 5.69 Å². The van der Waals surface area contributed by atoms with Gasteiger partial charge in [-0.2, -0.15) is 0 Å². The van der Waals surface area contributed by atoms with Crippen molar-refractivity contribution >= 4 is 34.3 Å². The van der Waals surface area contributed by atoms with Crippen molar-refractivity contribution in [2.45, 2.75) is 6.42 Å². The summed E-state index contributed by atoms with van der Waals surface area (Å²) in [6.07, 6.45) is 2.51. The first-order valence-electron chi connectivity index (χ1n) is 6.31. The summed E-state index contributed by atoms with van der Waals surface area (Å²) in [5.41, 5.74) is 1.53. The second-order valence-corrected chi connectivity index (χ2v) is 4.99. The number of halogens is 1. The highest BCUT2D eigenvalue weighted by atomic mass is 35.5. The number of nitrogens with one attached hydrogen (secondary N) is 1. The van der Waals surface area contributed by atoms with Crippen molar-refractivity contribution in [1.29, 1.82) is 0 Å². The lowest BCUT2D eigenvalue weighted by molar-refractivity contribution is -0.120. The highest BCUT2D eigenvalue weighted by Gasteiger charge is 2.28. The molecule has 1 fully saturated rings. The molecule has 0 unspecified atom stereocenters. The van der Waals surface area contributed by atoms with E-state index in [9.17, 15) is 4.79 Å². The van der Waals surface area contributed by atoms with Gasteiger partial charge in [-0.15, -0.1) is 0 Å². The Hall–Kier alpha value is -1.65. The standard InChI is InChI=1S/C14H14ClN3O/c15-18(14(19)10-5-7-16-9-10)13-6-8-17-12-4-2-1-3-11(12)13/h1-4,6,8,10,16H,5,7,9H2/t10-/m1/s1. The molecule has 1 N–H and O–H groups in total. The van der Waals surface area contributed by atoms with Gasteiger partial charge in [0.25, 0.3) is 0 Å². The van der Waals surface area contributed by atoms with Gasteiger partial charge in [-0.25, -0.2) is 4.42 Å². The van der Waals surface area contributed by atoms with Crippen LogP contribution in [0, 0.1) is 5.92 Å². The molecule has 1 saturated heterocycles. The van der Waals surface area contributed by atoms with Gasteiger partial charge in [0.2, 0.25) is 5.91 Å². The minimum atomic E-state index is -0.0528. The molecule has 1 amide bonds. The van der Waals surface area contributed by atoms with Crippen LogP contribution in [0.25, 0.3) is 10.9 Å². The van der Waals surface area contributed by atoms with Crippen LogP contribution < -0.4 is 9.74 Å². The first-order chi connectivity index (χ1) is 9.27. The van der Waals surface area contributed by atoms with Crippen LogP contribution in [0.3, 0.4) is 0 Å². The molecule has 1 aliphatic heterocycles. The Morgan fingerprint density at radius 3 is 3.00 bits per heavy atom. The SMILES string of the molecule is O=C([C@@H]1CCNC1)N(Cl)c1ccnc2ccccc12. The van der Waals surface area contributed by atoms with E-state index in [0.717, 1.165) is 23.9 Å². The van der Waals surface area contributed by atoms with Gasteiger partial charge in [-0.3, -0.25) is 9.78 Å². The maximum absolute atomic E-state index is 12.3. The maximum Gasteiger partial charge on any atom is 0.246 e. The van der Waals surface area contributed by atoms with E-state index in [4.69, 9.17) is 11.8 Å². The summed E-state index contributed by atoms with van der Waals surface area (Å²) in [5.74, 6) is -0.0903. The molecule has 19 heavy (non-hydrogen) atoms. The molecular weight excluding hydrogens is 262 g/mol. The number of hydrogen-bond acceptors (Lipinski definition) is 3. The summed E-state index contributed by atoms with van der Waals surface area (Å²) in [5, 5.41) is 4.07. The van der Waals surface area contributed by atoms with Crippen LogP contribution in [-0.4, -0.2) is 24.0 Å². The number of para-hydroxylation sites is 1. The van der Waals surface area contributed by atoms with E-state index in [-0.39, 0.29) is 11.8 Å². The quantitative estimate of drug-likeness (QED) is 0.856. The van der Waals surface area contributed by atoms with Gasteiger partial charge in [0.1, 0.15) is 0 Å². The second-order valence-electron chi connectivity index (χ2n) is 4.66. The molecule has 4 nitrogen and oxygen atoms in total. The number of rotatable bonds is 2. The zero-order valence-electron chi connectivity index (χ0n) is 10.3. The highest BCUT2D eigenvalue weighted by molar-refractivity contribution is 6.38. The Morgan fingerprint density at radius 2 is 2.21 bits per heavy atom. The average molecular weight is 276 g/mol. The van der Waals surface area contributed by atoms with Gasteiger partial charge in [0, 0.05) is 29.9 Å². The van der Waals surface area contributed by atoms with Crippen LogP contribution in [0.1, 0.15) is 6.42 Å². The highest BCUT2D eigenvalue weighted by Crippen LogP contribution is 2.28. The molecule has 5 heteroatoms. The monoisotopic (exact) mass is 275 g/mol. The lowest BCUT2D eigenvalue weighted by atomic mass is 10.1. The van der Waals surface area contributed by atoms with Gasteiger partial charge < -0.3 is 5.32 Å². The van der Waals surface area contributed by atoms with Crippen LogP contribution in [0.2, 0.25) is 0 Å². The predicted octanol–water partition coefficient (Wildman–Crippen LogP) is 2.33. The number of benzene rings is 1. The summed E-state index contributed by atoms with van der Waals surface area (Å²) in [4.78, 5) is 16.6. The summed E-state index contributed by atoms with van der Waals surface area (Å²) < 4.78 is 1.24. The number of pyridine rings is 1. The number of hydrogen-bond donors (Lipinski definition) is 1. The van der Waals surface area contributed by atoms with Gasteiger partial charge in [0.05, 0.1) is 17.1 Å². The van der Waals surface area contributed by atoms with Crippen molar-refractivity contribution in [2.24, 2.45) is 5.92 Å². The van der Waals surface area contributed by atoms with Crippen LogP contribution in [-0.2, 0) is 4.79 Å². The number of anilines is 1. The van der Waals surface area contributed by atoms with Gasteiger partial charge in [-0.05, 0) is 25.1 Å². The molecule has 2 heterocycles. The molecule has 0 saturated carbocycles. The van der Waals surface area contributed by atoms with Crippen molar-refractivity contribution in [3.05, 3.63) is 36.5 Å². The molecule has 0 radical (unpaired) electrons. The normalized spacial score (nSPS) is 18.7. The molecular formula is C14H14ClN3O. The molecule has 1 atom stereocenters. The van der Waals surface area contributed by atoms with E-state index in [1.165, 1.54) is 4.42 Å². The molecule has 1 aromatic heterocycles. The van der Waals surface area contributed by atoms with E-state index in [1.54, 1.807) is 12.3 Å². The smallest absolute Gasteiger partial charge is 0.246 e. The van der Waals surface area contributed by atoms with Crippen molar-refractivity contribution in [2.75, 3.05) is 17.5 Å². The number of carbonyl (C=O) groups excluding carboxylic acids is 1. The summed E-state index contributed by atoms with van der Waals surface area (Å²) in [6.45, 7) is 1.57. The predicted molar refractivity (Wildman–Crippen MR) is 76.1 cm³/mol. The van der Waals surface area contributed by atoms with Crippen LogP contribution in [0.15, 0.2) is 36.5 Å². The molecule has 3 rings (SSSR count). The topological polar surface area (TPSA) is 45.2 Å². The number of fused-ring (bicyclic) bond motifs is 1. The fraction of sp³-hybridized carbons (Fsp3) is 0.286. The molecule has 1 aromatic carbocycles. The second kappa shape index (κ2) is 5.15. The molecule has 98 valence electrons. The third kappa shape index (κ3) is 2.29. The lowest BCUT2D eigenvalue weighted by Crippen LogP contribution is -2.30. The Bertz CT molecular complexity index is 605. The Morgan fingerprint density at radius 1 is 1.37 bits per heavy atom. The van der Waals surface area contributed by atoms with Crippen molar-refractivity contribution in [3.63, 3.8) is 0 Å². The molecule has 2 aromatic rings. The maximum atomic E-state index is 12.3. The summed E-state index contributed by atoms with van der Waals surface area (Å²) in [7, 11) is 0. The first kappa shape index (κ1) is 12.4. The summed E-state index contributed by atoms with van der Waals surface area (Å²) >= 11 is 6.24. The van der Waals surface area contributed by atoms with E-state index in [1.807, 2.05) is 24.3 Å². The number of amides is 1. The fourth-order valence-corrected chi connectivity index (χ4v) is 2.68. The minimum Gasteiger partial charge on any atom is -0.316 e. The van der Waals surface area contributed by atoms with Gasteiger partial charge in [-0.1, -0.05) is 18.2 Å². The third-order valence-electron chi connectivity index (χ3n) is 3.44. The number of nitrogens with zero attached hydrogens (tertiary/aromatic N) is 2. The molecule has 0 spiro atoms. The fourth-order valence-electron chi connectivity index (χ4n) is 2.40. The van der Waals surface area contributed by atoms with Crippen LogP contribution >= 0.6 is 11.8 Å². The van der Waals surface area contributed by atoms with E-state index in [2.05, 4.69) is 10.3 Å². The zero-order chi connectivity index (χ0) is 13.2. The number of carbonyl (C=O) groups is 1. The summed E-state index contributed by atoms with van der Waals surface area (Å²) in [6, 6.07) is 9.44.